The highest BCUT2D eigenvalue weighted by atomic mass is 32.2. The zero-order valence-electron chi connectivity index (χ0n) is 41.6. The smallest absolute Gasteiger partial charge is 0.303 e. The molecular weight excluding hydrogens is 963 g/mol. The number of hydrogen-bond acceptors (Lipinski definition) is 16. The van der Waals surface area contributed by atoms with E-state index < -0.39 is 156 Å². The van der Waals surface area contributed by atoms with Crippen molar-refractivity contribution in [2.45, 2.75) is 141 Å². The van der Waals surface area contributed by atoms with Gasteiger partial charge in [0.25, 0.3) is 0 Å². The molecule has 9 amide bonds. The van der Waals surface area contributed by atoms with Crippen molar-refractivity contribution < 1.29 is 68.1 Å². The number of carbonyl (C=O) groups excluding carboxylic acids is 10. The highest BCUT2D eigenvalue weighted by molar-refractivity contribution is 7.98. The zero-order valence-corrected chi connectivity index (χ0v) is 42.4. The molecule has 0 fully saturated rings. The Kier molecular flexibility index (Phi) is 25.7. The number of ketones is 1. The molecule has 0 unspecified atom stereocenters. The molecule has 25 nitrogen and oxygen atoms in total. The second kappa shape index (κ2) is 30.1. The predicted octanol–water partition coefficient (Wildman–Crippen LogP) is -2.67. The van der Waals surface area contributed by atoms with Crippen LogP contribution in [-0.2, 0) is 59.2 Å². The molecule has 2 rings (SSSR count). The lowest BCUT2D eigenvalue weighted by Gasteiger charge is -2.30. The number of Topliss-reactive ketones (excluding diaryl/α,β-unsaturated/α-hetero) is 1. The minimum absolute atomic E-state index is 0.0335. The summed E-state index contributed by atoms with van der Waals surface area (Å²) in [6.45, 7) is 8.61. The van der Waals surface area contributed by atoms with E-state index in [1.807, 2.05) is 0 Å². The molecular formula is C46H71N11O14S. The maximum Gasteiger partial charge on any atom is 0.303 e. The lowest BCUT2D eigenvalue weighted by atomic mass is 9.94. The number of aliphatic hydroxyl groups is 1. The van der Waals surface area contributed by atoms with E-state index in [1.165, 1.54) is 43.0 Å². The number of aliphatic imine (C=N–C) groups is 1. The van der Waals surface area contributed by atoms with Crippen molar-refractivity contribution >= 4 is 82.6 Å². The fourth-order valence-corrected chi connectivity index (χ4v) is 7.67. The number of phenolic OH excluding ortho intramolecular Hbond substituents is 1. The number of carboxylic acids is 1. The van der Waals surface area contributed by atoms with E-state index in [1.54, 1.807) is 34.0 Å². The molecule has 1 aromatic carbocycles. The van der Waals surface area contributed by atoms with Crippen molar-refractivity contribution in [1.29, 1.82) is 0 Å². The Bertz CT molecular complexity index is 2140. The second-order valence-electron chi connectivity index (χ2n) is 17.9. The van der Waals surface area contributed by atoms with Gasteiger partial charge in [-0.25, -0.2) is 0 Å². The first kappa shape index (κ1) is 61.3. The number of aliphatic carboxylic acids is 1. The zero-order chi connectivity index (χ0) is 54.4. The van der Waals surface area contributed by atoms with Crippen LogP contribution in [0, 0.1) is 17.8 Å². The summed E-state index contributed by atoms with van der Waals surface area (Å²) in [5.41, 5.74) is 12.0. The van der Waals surface area contributed by atoms with Crippen LogP contribution in [0.25, 0.3) is 0 Å². The molecule has 1 aliphatic rings. The van der Waals surface area contributed by atoms with Gasteiger partial charge in [-0.1, -0.05) is 46.2 Å². The van der Waals surface area contributed by atoms with Gasteiger partial charge in [0.05, 0.1) is 6.10 Å². The fourth-order valence-electron chi connectivity index (χ4n) is 7.20. The van der Waals surface area contributed by atoms with E-state index in [0.29, 0.717) is 12.0 Å². The third-order valence-corrected chi connectivity index (χ3v) is 12.3. The average Bonchev–Trinajstić information content (AvgIpc) is 3.30. The van der Waals surface area contributed by atoms with Gasteiger partial charge in [0.2, 0.25) is 53.2 Å². The molecule has 26 heteroatoms. The van der Waals surface area contributed by atoms with Gasteiger partial charge in [-0.3, -0.25) is 63.0 Å². The monoisotopic (exact) mass is 1030 g/mol. The summed E-state index contributed by atoms with van der Waals surface area (Å²) in [5.74, 6) is -13.9. The number of hydrogen-bond donors (Lipinski definition) is 13. The van der Waals surface area contributed by atoms with Gasteiger partial charge in [-0.2, -0.15) is 11.8 Å². The van der Waals surface area contributed by atoms with E-state index in [-0.39, 0.29) is 43.7 Å². The number of benzene rings is 1. The summed E-state index contributed by atoms with van der Waals surface area (Å²) in [4.78, 5) is 152. The van der Waals surface area contributed by atoms with Crippen molar-refractivity contribution in [3.05, 3.63) is 29.8 Å². The summed E-state index contributed by atoms with van der Waals surface area (Å²) >= 11 is 1.28. The van der Waals surface area contributed by atoms with Gasteiger partial charge in [0, 0.05) is 25.8 Å². The van der Waals surface area contributed by atoms with E-state index >= 15 is 0 Å². The summed E-state index contributed by atoms with van der Waals surface area (Å²) in [7, 11) is 0. The molecule has 15 N–H and O–H groups in total. The second-order valence-corrected chi connectivity index (χ2v) is 18.9. The molecule has 0 aromatic heterocycles. The van der Waals surface area contributed by atoms with Crippen molar-refractivity contribution in [1.82, 2.24) is 42.5 Å². The summed E-state index contributed by atoms with van der Waals surface area (Å²) < 4.78 is 0. The number of nitrogens with zero attached hydrogens (tertiary/aromatic N) is 1. The highest BCUT2D eigenvalue weighted by Gasteiger charge is 2.38. The SMILES string of the molecule is CC[C@H](C)[C@H]1NC(=O)[C@H](C(C)=O)CC(=O)NC(N)=NCCC[C@@H](C(N)=O)NC(=O)[C@H](Cc2ccc(O)cc2)NC(=O)[C@@H](CCC(=O)O)NC(=O)[C@H](CCSC)NC(=O)[C@@H]([C@@H](C)O)NC(=O)[C@H](C(C)C)NC1=O. The Morgan fingerprint density at radius 3 is 1.82 bits per heavy atom. The molecule has 0 saturated carbocycles. The number of primary amides is 1. The lowest BCUT2D eigenvalue weighted by Crippen LogP contribution is -2.62. The molecule has 0 radical (unpaired) electrons. The van der Waals surface area contributed by atoms with E-state index in [9.17, 15) is 68.1 Å². The molecule has 0 saturated heterocycles. The summed E-state index contributed by atoms with van der Waals surface area (Å²) in [6, 6.07) is -4.93. The van der Waals surface area contributed by atoms with Crippen LogP contribution in [0.4, 0.5) is 0 Å². The van der Waals surface area contributed by atoms with Gasteiger partial charge >= 0.3 is 5.97 Å². The van der Waals surface area contributed by atoms with E-state index in [4.69, 9.17) is 11.5 Å². The number of carboxylic acid groups (broad SMARTS) is 1. The molecule has 400 valence electrons. The number of phenols is 1. The van der Waals surface area contributed by atoms with Gasteiger partial charge in [0.1, 0.15) is 59.7 Å². The van der Waals surface area contributed by atoms with Crippen LogP contribution in [0.2, 0.25) is 0 Å². The van der Waals surface area contributed by atoms with Crippen LogP contribution in [-0.4, -0.2) is 153 Å². The summed E-state index contributed by atoms with van der Waals surface area (Å²) in [5, 5.41) is 50.0. The number of amides is 9. The number of rotatable bonds is 14. The normalized spacial score (nSPS) is 25.3. The Morgan fingerprint density at radius 1 is 0.750 bits per heavy atom. The van der Waals surface area contributed by atoms with Crippen molar-refractivity contribution in [3.8, 4) is 5.75 Å². The first-order valence-corrected chi connectivity index (χ1v) is 24.9. The Balaban J connectivity index is 2.73. The Morgan fingerprint density at radius 2 is 1.28 bits per heavy atom. The van der Waals surface area contributed by atoms with Crippen LogP contribution < -0.4 is 54.0 Å². The standard InChI is InChI=1S/C46H71N11O14S/c1-8-23(4)36-44(70)55-35(22(2)3)43(69)57-37(25(6)59)45(71)52-31(17-19-72-7)41(67)51-30(15-16-34(62)63)40(66)53-32(20-26-11-13-27(60)14-12-26)42(68)50-29(38(47)64)10-9-18-49-46(48)54-33(61)21-28(24(5)58)39(65)56-36/h11-14,22-23,25,28-32,35-37,59-60H,8-10,15-21H2,1-7H3,(H2,47,64)(H,50,68)(H,51,67)(H,52,71)(H,53,66)(H,55,70)(H,56,65)(H,57,69)(H,62,63)(H3,48,49,54,61)/t23-,25+,28-,29-,30+,31-,32-,35-,36+,37+/m0/s1. The summed E-state index contributed by atoms with van der Waals surface area (Å²) in [6.07, 6.45) is -1.89. The molecule has 1 heterocycles. The van der Waals surface area contributed by atoms with Crippen LogP contribution in [0.5, 0.6) is 5.75 Å². The number of carbonyl (C=O) groups is 11. The average molecular weight is 1030 g/mol. The minimum atomic E-state index is -1.75. The van der Waals surface area contributed by atoms with Crippen LogP contribution in [0.3, 0.4) is 0 Å². The number of nitrogens with two attached hydrogens (primary N) is 2. The topological polar surface area (TPSA) is 409 Å². The molecule has 0 aliphatic carbocycles. The molecule has 1 aliphatic heterocycles. The minimum Gasteiger partial charge on any atom is -0.508 e. The maximum atomic E-state index is 14.1. The third kappa shape index (κ3) is 20.5. The fraction of sp³-hybridized carbons (Fsp3) is 0.609. The van der Waals surface area contributed by atoms with Gasteiger partial charge < -0.3 is 64.0 Å². The van der Waals surface area contributed by atoms with Crippen LogP contribution in [0.15, 0.2) is 29.3 Å². The Hall–Kier alpha value is -6.83. The van der Waals surface area contributed by atoms with Gasteiger partial charge in [-0.05, 0) is 81.1 Å². The molecule has 0 spiro atoms. The number of aromatic hydroxyl groups is 1. The van der Waals surface area contributed by atoms with Crippen LogP contribution >= 0.6 is 11.8 Å². The van der Waals surface area contributed by atoms with E-state index in [0.717, 1.165) is 6.92 Å². The van der Waals surface area contributed by atoms with E-state index in [2.05, 4.69) is 47.5 Å². The number of aliphatic hydroxyl groups excluding tert-OH is 1. The van der Waals surface area contributed by atoms with Gasteiger partial charge in [0.15, 0.2) is 5.96 Å². The number of nitrogens with one attached hydrogen (secondary N) is 8. The Labute approximate surface area is 421 Å². The largest absolute Gasteiger partial charge is 0.508 e. The molecule has 10 atom stereocenters. The highest BCUT2D eigenvalue weighted by Crippen LogP contribution is 2.16. The maximum absolute atomic E-state index is 14.1. The quantitative estimate of drug-likeness (QED) is 0.0846. The van der Waals surface area contributed by atoms with Crippen LogP contribution in [0.1, 0.15) is 92.1 Å². The first-order chi connectivity index (χ1) is 33.8. The third-order valence-electron chi connectivity index (χ3n) is 11.7. The predicted molar refractivity (Wildman–Crippen MR) is 263 cm³/mol. The number of thioether (sulfide) groups is 1. The van der Waals surface area contributed by atoms with Crippen molar-refractivity contribution in [3.63, 3.8) is 0 Å². The van der Waals surface area contributed by atoms with Crippen molar-refractivity contribution in [2.75, 3.05) is 18.6 Å². The molecule has 1 aromatic rings. The first-order valence-electron chi connectivity index (χ1n) is 23.5. The van der Waals surface area contributed by atoms with Crippen molar-refractivity contribution in [2.24, 2.45) is 34.2 Å². The lowest BCUT2D eigenvalue weighted by molar-refractivity contribution is -0.140. The van der Waals surface area contributed by atoms with Gasteiger partial charge in [-0.15, -0.1) is 0 Å². The molecule has 0 bridgehead atoms. The molecule has 72 heavy (non-hydrogen) atoms. The number of guanidine groups is 1.